The van der Waals surface area contributed by atoms with Gasteiger partial charge in [0.15, 0.2) is 0 Å². The molecular weight excluding hydrogens is 148 g/mol. The van der Waals surface area contributed by atoms with E-state index in [1.54, 1.807) is 0 Å². The van der Waals surface area contributed by atoms with E-state index >= 15 is 0 Å². The predicted molar refractivity (Wildman–Crippen MR) is 39.1 cm³/mol. The van der Waals surface area contributed by atoms with E-state index in [9.17, 15) is 4.79 Å². The predicted octanol–water partition coefficient (Wildman–Crippen LogP) is 0.558. The molecule has 0 aromatic carbocycles. The molecule has 0 heterocycles. The van der Waals surface area contributed by atoms with Crippen molar-refractivity contribution in [3.63, 3.8) is 0 Å². The molecule has 0 fully saturated rings. The minimum absolute atomic E-state index is 0.0458. The maximum atomic E-state index is 10.7. The smallest absolute Gasteiger partial charge is 0.289 e. The minimum Gasteiger partial charge on any atom is -0.330 e. The summed E-state index contributed by atoms with van der Waals surface area (Å²) < 4.78 is 14.6. The number of ether oxygens (including phenoxy) is 3. The van der Waals surface area contributed by atoms with E-state index < -0.39 is 5.97 Å². The third-order valence-corrected chi connectivity index (χ3v) is 1.40. The number of hydrogen-bond acceptors (Lipinski definition) is 4. The standard InChI is InChI=1S/C7H14O4/c1-6(8)5-7(9-2,10-3)11-4/h5H2,1-4H3. The van der Waals surface area contributed by atoms with Crippen LogP contribution in [0.5, 0.6) is 0 Å². The fourth-order valence-corrected chi connectivity index (χ4v) is 0.771. The molecule has 11 heavy (non-hydrogen) atoms. The van der Waals surface area contributed by atoms with E-state index in [1.807, 2.05) is 0 Å². The molecule has 0 N–H and O–H groups in total. The van der Waals surface area contributed by atoms with Gasteiger partial charge in [-0.1, -0.05) is 0 Å². The zero-order chi connectivity index (χ0) is 8.91. The zero-order valence-corrected chi connectivity index (χ0v) is 7.34. The summed E-state index contributed by atoms with van der Waals surface area (Å²) in [5.41, 5.74) is 0. The van der Waals surface area contributed by atoms with Crippen LogP contribution in [-0.2, 0) is 19.0 Å². The number of Topliss-reactive ketones (excluding diaryl/α,β-unsaturated/α-hetero) is 1. The summed E-state index contributed by atoms with van der Waals surface area (Å²) in [6, 6.07) is 0. The van der Waals surface area contributed by atoms with Gasteiger partial charge in [-0.25, -0.2) is 0 Å². The highest BCUT2D eigenvalue weighted by molar-refractivity contribution is 5.76. The van der Waals surface area contributed by atoms with Gasteiger partial charge in [0, 0.05) is 21.3 Å². The first-order valence-corrected chi connectivity index (χ1v) is 3.25. The summed E-state index contributed by atoms with van der Waals surface area (Å²) in [6.07, 6.45) is 0.0938. The molecule has 0 aliphatic carbocycles. The number of hydrogen-bond donors (Lipinski definition) is 0. The monoisotopic (exact) mass is 162 g/mol. The van der Waals surface area contributed by atoms with Crippen LogP contribution in [0.1, 0.15) is 13.3 Å². The van der Waals surface area contributed by atoms with Gasteiger partial charge in [-0.15, -0.1) is 0 Å². The van der Waals surface area contributed by atoms with Crippen LogP contribution in [-0.4, -0.2) is 33.1 Å². The SMILES string of the molecule is COC(CC(C)=O)(OC)OC. The second-order valence-electron chi connectivity index (χ2n) is 2.17. The molecule has 0 saturated heterocycles. The lowest BCUT2D eigenvalue weighted by Crippen LogP contribution is -2.37. The number of ketones is 1. The van der Waals surface area contributed by atoms with Crippen LogP contribution in [0, 0.1) is 0 Å². The van der Waals surface area contributed by atoms with Crippen molar-refractivity contribution in [2.24, 2.45) is 0 Å². The molecule has 4 heteroatoms. The number of methoxy groups -OCH3 is 3. The Bertz CT molecular complexity index is 120. The average Bonchev–Trinajstić information content (AvgIpc) is 2.00. The fourth-order valence-electron chi connectivity index (χ4n) is 0.771. The first kappa shape index (κ1) is 10.6. The summed E-state index contributed by atoms with van der Waals surface area (Å²) >= 11 is 0. The van der Waals surface area contributed by atoms with Crippen molar-refractivity contribution in [2.75, 3.05) is 21.3 Å². The lowest BCUT2D eigenvalue weighted by Gasteiger charge is -2.27. The van der Waals surface area contributed by atoms with Crippen molar-refractivity contribution < 1.29 is 19.0 Å². The Morgan fingerprint density at radius 3 is 1.64 bits per heavy atom. The molecule has 0 aliphatic heterocycles. The summed E-state index contributed by atoms with van der Waals surface area (Å²) in [7, 11) is 4.28. The molecule has 0 radical (unpaired) electrons. The third-order valence-electron chi connectivity index (χ3n) is 1.40. The lowest BCUT2D eigenvalue weighted by molar-refractivity contribution is -0.349. The summed E-state index contributed by atoms with van der Waals surface area (Å²) in [5, 5.41) is 0. The molecule has 0 bridgehead atoms. The van der Waals surface area contributed by atoms with E-state index in [0.29, 0.717) is 0 Å². The van der Waals surface area contributed by atoms with Gasteiger partial charge < -0.3 is 14.2 Å². The molecule has 0 aliphatic rings. The number of rotatable bonds is 5. The highest BCUT2D eigenvalue weighted by Crippen LogP contribution is 2.16. The first-order valence-electron chi connectivity index (χ1n) is 3.25. The summed E-state index contributed by atoms with van der Waals surface area (Å²) in [5.74, 6) is -1.25. The van der Waals surface area contributed by atoms with Crippen molar-refractivity contribution in [1.29, 1.82) is 0 Å². The molecule has 0 amide bonds. The van der Waals surface area contributed by atoms with Crippen LogP contribution in [0.3, 0.4) is 0 Å². The van der Waals surface area contributed by atoms with Gasteiger partial charge in [-0.3, -0.25) is 4.79 Å². The Kier molecular flexibility index (Phi) is 4.25. The van der Waals surface area contributed by atoms with Crippen LogP contribution < -0.4 is 0 Å². The fraction of sp³-hybridized carbons (Fsp3) is 0.857. The Labute approximate surface area is 66.4 Å². The van der Waals surface area contributed by atoms with E-state index in [1.165, 1.54) is 28.3 Å². The molecule has 0 saturated carbocycles. The first-order chi connectivity index (χ1) is 5.10. The Morgan fingerprint density at radius 1 is 1.18 bits per heavy atom. The summed E-state index contributed by atoms with van der Waals surface area (Å²) in [6.45, 7) is 1.45. The topological polar surface area (TPSA) is 44.8 Å². The Hall–Kier alpha value is -0.450. The van der Waals surface area contributed by atoms with Gasteiger partial charge in [-0.2, -0.15) is 0 Å². The van der Waals surface area contributed by atoms with Crippen LogP contribution in [0.15, 0.2) is 0 Å². The van der Waals surface area contributed by atoms with E-state index in [2.05, 4.69) is 0 Å². The van der Waals surface area contributed by atoms with Crippen LogP contribution in [0.4, 0.5) is 0 Å². The molecule has 4 nitrogen and oxygen atoms in total. The van der Waals surface area contributed by atoms with Gasteiger partial charge in [-0.05, 0) is 6.92 Å². The molecule has 0 aromatic rings. The number of carbonyl (C=O) groups excluding carboxylic acids is 1. The average molecular weight is 162 g/mol. The van der Waals surface area contributed by atoms with Crippen molar-refractivity contribution in [1.82, 2.24) is 0 Å². The summed E-state index contributed by atoms with van der Waals surface area (Å²) in [4.78, 5) is 10.7. The van der Waals surface area contributed by atoms with E-state index in [0.717, 1.165) is 0 Å². The van der Waals surface area contributed by atoms with Crippen LogP contribution in [0.2, 0.25) is 0 Å². The second-order valence-corrected chi connectivity index (χ2v) is 2.17. The maximum Gasteiger partial charge on any atom is 0.289 e. The van der Waals surface area contributed by atoms with Crippen molar-refractivity contribution in [3.05, 3.63) is 0 Å². The van der Waals surface area contributed by atoms with E-state index in [4.69, 9.17) is 14.2 Å². The molecule has 0 spiro atoms. The maximum absolute atomic E-state index is 10.7. The van der Waals surface area contributed by atoms with Crippen LogP contribution >= 0.6 is 0 Å². The number of carbonyl (C=O) groups is 1. The molecule has 0 aromatic heterocycles. The molecule has 0 rings (SSSR count). The van der Waals surface area contributed by atoms with Crippen molar-refractivity contribution >= 4 is 5.78 Å². The highest BCUT2D eigenvalue weighted by atomic mass is 16.9. The Morgan fingerprint density at radius 2 is 1.55 bits per heavy atom. The highest BCUT2D eigenvalue weighted by Gasteiger charge is 2.30. The zero-order valence-electron chi connectivity index (χ0n) is 7.34. The molecular formula is C7H14O4. The van der Waals surface area contributed by atoms with E-state index in [-0.39, 0.29) is 12.2 Å². The largest absolute Gasteiger partial charge is 0.330 e. The normalized spacial score (nSPS) is 11.6. The quantitative estimate of drug-likeness (QED) is 0.554. The molecule has 0 atom stereocenters. The van der Waals surface area contributed by atoms with Gasteiger partial charge in [0.25, 0.3) is 5.97 Å². The van der Waals surface area contributed by atoms with Crippen molar-refractivity contribution in [3.8, 4) is 0 Å². The van der Waals surface area contributed by atoms with Crippen LogP contribution in [0.25, 0.3) is 0 Å². The van der Waals surface area contributed by atoms with Gasteiger partial charge in [0.05, 0.1) is 6.42 Å². The minimum atomic E-state index is -1.20. The molecule has 66 valence electrons. The molecule has 0 unspecified atom stereocenters. The van der Waals surface area contributed by atoms with Gasteiger partial charge in [0.2, 0.25) is 0 Å². The lowest BCUT2D eigenvalue weighted by atomic mass is 10.3. The second kappa shape index (κ2) is 4.43. The Balaban J connectivity index is 4.16. The van der Waals surface area contributed by atoms with Gasteiger partial charge in [0.1, 0.15) is 5.78 Å². The third kappa shape index (κ3) is 2.96. The van der Waals surface area contributed by atoms with Gasteiger partial charge >= 0.3 is 0 Å². The van der Waals surface area contributed by atoms with Crippen molar-refractivity contribution in [2.45, 2.75) is 19.3 Å².